The molecular weight excluding hydrogens is 530 g/mol. The van der Waals surface area contributed by atoms with Crippen molar-refractivity contribution in [3.05, 3.63) is 71.9 Å². The van der Waals surface area contributed by atoms with E-state index in [0.29, 0.717) is 23.2 Å². The molecule has 2 saturated heterocycles. The van der Waals surface area contributed by atoms with E-state index in [4.69, 9.17) is 0 Å². The van der Waals surface area contributed by atoms with Crippen LogP contribution in [-0.2, 0) is 10.0 Å². The number of hydrogen-bond acceptors (Lipinski definition) is 8. The maximum Gasteiger partial charge on any atom is 0.245 e. The lowest BCUT2D eigenvalue weighted by Gasteiger charge is -2.37. The van der Waals surface area contributed by atoms with Gasteiger partial charge in [-0.25, -0.2) is 13.4 Å². The minimum Gasteiger partial charge on any atom is -0.357 e. The summed E-state index contributed by atoms with van der Waals surface area (Å²) < 4.78 is 28.4. The number of hydrogen-bond donors (Lipinski definition) is 0. The maximum absolute atomic E-state index is 13.5. The van der Waals surface area contributed by atoms with Crippen molar-refractivity contribution in [1.29, 1.82) is 0 Å². The number of benzene rings is 1. The molecule has 0 spiro atoms. The molecule has 3 aromatic rings. The second kappa shape index (κ2) is 11.2. The van der Waals surface area contributed by atoms with Crippen LogP contribution in [0.4, 0.5) is 11.5 Å². The molecule has 2 aliphatic heterocycles. The van der Waals surface area contributed by atoms with E-state index >= 15 is 0 Å². The Morgan fingerprint density at radius 2 is 1.77 bits per heavy atom. The Morgan fingerprint density at radius 3 is 2.36 bits per heavy atom. The average molecular weight is 566 g/mol. The summed E-state index contributed by atoms with van der Waals surface area (Å²) in [7, 11) is 0.478. The fraction of sp³-hybridized carbons (Fsp3) is 0.379. The first-order chi connectivity index (χ1) is 18.6. The first kappa shape index (κ1) is 27.5. The molecule has 0 N–H and O–H groups in total. The number of rotatable bonds is 7. The largest absolute Gasteiger partial charge is 0.357 e. The molecule has 2 aliphatic rings. The quantitative estimate of drug-likeness (QED) is 0.389. The Kier molecular flexibility index (Phi) is 7.91. The van der Waals surface area contributed by atoms with Crippen LogP contribution < -0.4 is 9.80 Å². The van der Waals surface area contributed by atoms with Gasteiger partial charge >= 0.3 is 0 Å². The summed E-state index contributed by atoms with van der Waals surface area (Å²) in [5.74, 6) is 0.793. The Morgan fingerprint density at radius 1 is 1.05 bits per heavy atom. The highest BCUT2D eigenvalue weighted by Gasteiger charge is 2.33. The summed E-state index contributed by atoms with van der Waals surface area (Å²) in [6.45, 7) is 8.41. The molecular formula is C29H35N5O3S2. The summed E-state index contributed by atoms with van der Waals surface area (Å²) in [6, 6.07) is 16.0. The van der Waals surface area contributed by atoms with E-state index < -0.39 is 10.0 Å². The van der Waals surface area contributed by atoms with Crippen LogP contribution in [0.5, 0.6) is 0 Å². The zero-order valence-corrected chi connectivity index (χ0v) is 24.3. The van der Waals surface area contributed by atoms with Gasteiger partial charge in [-0.1, -0.05) is 36.9 Å². The first-order valence-corrected chi connectivity index (χ1v) is 15.4. The fourth-order valence-corrected chi connectivity index (χ4v) is 7.71. The standard InChI is InChI=1S/C29H35N5O3S2/c1-21-20-33(16-17-34(21)26-18-27(38-29(26)22(2)35)23-8-6-5-7-9-23)39(36,37)25-10-11-28(30-19-25)32-14-12-24(13-15-32)31(3)4/h5-11,18-19,24H,1,12-17,20H2,2-4H3. The Bertz CT molecular complexity index is 1440. The van der Waals surface area contributed by atoms with Crippen molar-refractivity contribution in [1.82, 2.24) is 14.2 Å². The predicted molar refractivity (Wildman–Crippen MR) is 158 cm³/mol. The van der Waals surface area contributed by atoms with Crippen LogP contribution >= 0.6 is 11.3 Å². The van der Waals surface area contributed by atoms with Gasteiger partial charge in [0.1, 0.15) is 10.7 Å². The van der Waals surface area contributed by atoms with Gasteiger partial charge in [-0.2, -0.15) is 4.31 Å². The van der Waals surface area contributed by atoms with E-state index in [1.165, 1.54) is 21.8 Å². The number of pyridine rings is 1. The number of ketones is 1. The van der Waals surface area contributed by atoms with E-state index in [0.717, 1.165) is 47.9 Å². The van der Waals surface area contributed by atoms with Crippen molar-refractivity contribution in [3.63, 3.8) is 0 Å². The van der Waals surface area contributed by atoms with Crippen LogP contribution in [0.1, 0.15) is 29.4 Å². The second-order valence-electron chi connectivity index (χ2n) is 10.3. The highest BCUT2D eigenvalue weighted by Crippen LogP contribution is 2.39. The smallest absolute Gasteiger partial charge is 0.245 e. The molecule has 1 aromatic carbocycles. The third-order valence-corrected chi connectivity index (χ3v) is 10.7. The summed E-state index contributed by atoms with van der Waals surface area (Å²) in [4.78, 5) is 25.3. The monoisotopic (exact) mass is 565 g/mol. The number of Topliss-reactive ketones (excluding diaryl/α,β-unsaturated/α-hetero) is 1. The van der Waals surface area contributed by atoms with Gasteiger partial charge < -0.3 is 14.7 Å². The SMILES string of the molecule is C=C1CN(S(=O)(=O)c2ccc(N3CCC(N(C)C)CC3)nc2)CCN1c1cc(-c2ccccc2)sc1C(C)=O. The number of carbonyl (C=O) groups excluding carboxylic acids is 1. The molecule has 10 heteroatoms. The van der Waals surface area contributed by atoms with Crippen molar-refractivity contribution < 1.29 is 13.2 Å². The normalized spacial score (nSPS) is 17.7. The molecule has 0 radical (unpaired) electrons. The van der Waals surface area contributed by atoms with E-state index in [2.05, 4.69) is 35.5 Å². The topological polar surface area (TPSA) is 77.1 Å². The molecule has 8 nitrogen and oxygen atoms in total. The van der Waals surface area contributed by atoms with Gasteiger partial charge in [-0.05, 0) is 50.7 Å². The molecule has 5 rings (SSSR count). The van der Waals surface area contributed by atoms with Crippen molar-refractivity contribution in [3.8, 4) is 10.4 Å². The summed E-state index contributed by atoms with van der Waals surface area (Å²) in [5.41, 5.74) is 2.47. The molecule has 2 aromatic heterocycles. The number of sulfonamides is 1. The lowest BCUT2D eigenvalue weighted by atomic mass is 10.0. The summed E-state index contributed by atoms with van der Waals surface area (Å²) in [5, 5.41) is 0. The lowest BCUT2D eigenvalue weighted by molar-refractivity contribution is 0.102. The van der Waals surface area contributed by atoms with Crippen LogP contribution in [0.15, 0.2) is 71.9 Å². The van der Waals surface area contributed by atoms with E-state index in [1.54, 1.807) is 13.0 Å². The number of anilines is 2. The minimum absolute atomic E-state index is 0.0165. The molecule has 206 valence electrons. The van der Waals surface area contributed by atoms with Crippen LogP contribution in [0.2, 0.25) is 0 Å². The fourth-order valence-electron chi connectivity index (χ4n) is 5.28. The van der Waals surface area contributed by atoms with E-state index in [1.807, 2.05) is 47.4 Å². The Labute approximate surface area is 235 Å². The van der Waals surface area contributed by atoms with Gasteiger partial charge in [0.2, 0.25) is 10.0 Å². The highest BCUT2D eigenvalue weighted by molar-refractivity contribution is 7.89. The molecule has 0 atom stereocenters. The number of aromatic nitrogens is 1. The van der Waals surface area contributed by atoms with Crippen molar-refractivity contribution in [2.75, 3.05) is 56.6 Å². The predicted octanol–water partition coefficient (Wildman–Crippen LogP) is 4.57. The average Bonchev–Trinajstić information content (AvgIpc) is 3.39. The third-order valence-electron chi connectivity index (χ3n) is 7.57. The zero-order valence-electron chi connectivity index (χ0n) is 22.7. The Balaban J connectivity index is 1.29. The molecule has 0 aliphatic carbocycles. The lowest BCUT2D eigenvalue weighted by Crippen LogP contribution is -2.47. The number of piperazine rings is 1. The van der Waals surface area contributed by atoms with Crippen LogP contribution in [0, 0.1) is 0 Å². The van der Waals surface area contributed by atoms with Gasteiger partial charge in [0.05, 0.1) is 17.1 Å². The molecule has 0 bridgehead atoms. The molecule has 2 fully saturated rings. The first-order valence-electron chi connectivity index (χ1n) is 13.2. The van der Waals surface area contributed by atoms with E-state index in [-0.39, 0.29) is 23.8 Å². The third kappa shape index (κ3) is 5.65. The molecule has 39 heavy (non-hydrogen) atoms. The van der Waals surface area contributed by atoms with Crippen molar-refractivity contribution in [2.45, 2.75) is 30.7 Å². The van der Waals surface area contributed by atoms with Gasteiger partial charge in [-0.15, -0.1) is 11.3 Å². The van der Waals surface area contributed by atoms with Crippen LogP contribution in [0.25, 0.3) is 10.4 Å². The minimum atomic E-state index is -3.74. The van der Waals surface area contributed by atoms with Gasteiger partial charge in [0.15, 0.2) is 5.78 Å². The van der Waals surface area contributed by atoms with Gasteiger partial charge in [-0.3, -0.25) is 4.79 Å². The number of nitrogens with zero attached hydrogens (tertiary/aromatic N) is 5. The number of thiophene rings is 1. The van der Waals surface area contributed by atoms with E-state index in [9.17, 15) is 13.2 Å². The highest BCUT2D eigenvalue weighted by atomic mass is 32.2. The van der Waals surface area contributed by atoms with Crippen LogP contribution in [0.3, 0.4) is 0 Å². The van der Waals surface area contributed by atoms with Gasteiger partial charge in [0.25, 0.3) is 0 Å². The summed E-state index contributed by atoms with van der Waals surface area (Å²) in [6.07, 6.45) is 3.59. The van der Waals surface area contributed by atoms with Crippen molar-refractivity contribution >= 4 is 38.6 Å². The molecule has 0 unspecified atom stereocenters. The molecule has 4 heterocycles. The number of piperidine rings is 1. The van der Waals surface area contributed by atoms with Gasteiger partial charge in [0, 0.05) is 55.9 Å². The molecule has 0 amide bonds. The van der Waals surface area contributed by atoms with Crippen molar-refractivity contribution in [2.24, 2.45) is 0 Å². The van der Waals surface area contributed by atoms with Crippen LogP contribution in [-0.4, -0.2) is 81.3 Å². The second-order valence-corrected chi connectivity index (χ2v) is 13.3. The molecule has 0 saturated carbocycles. The Hall–Kier alpha value is -3.05. The summed E-state index contributed by atoms with van der Waals surface area (Å²) >= 11 is 1.46. The maximum atomic E-state index is 13.5. The zero-order chi connectivity index (χ0) is 27.7. The number of carbonyl (C=O) groups is 1.